The quantitative estimate of drug-likeness (QED) is 0.806. The molecular weight excluding hydrogens is 280 g/mol. The van der Waals surface area contributed by atoms with E-state index in [1.807, 2.05) is 31.2 Å². The van der Waals surface area contributed by atoms with Gasteiger partial charge < -0.3 is 5.32 Å². The Balaban J connectivity index is 1.94. The molecule has 1 atom stereocenters. The highest BCUT2D eigenvalue weighted by Gasteiger charge is 2.07. The highest BCUT2D eigenvalue weighted by atomic mass is 35.5. The van der Waals surface area contributed by atoms with Crippen LogP contribution in [0.15, 0.2) is 48.5 Å². The van der Waals surface area contributed by atoms with Gasteiger partial charge in [-0.1, -0.05) is 48.0 Å². The number of benzene rings is 2. The molecule has 0 radical (unpaired) electrons. The molecule has 2 aromatic rings. The van der Waals surface area contributed by atoms with Gasteiger partial charge in [-0.25, -0.2) is 8.78 Å². The van der Waals surface area contributed by atoms with Gasteiger partial charge in [0.25, 0.3) is 6.43 Å². The molecule has 1 nitrogen and oxygen atoms in total. The summed E-state index contributed by atoms with van der Waals surface area (Å²) in [5.74, 6) is 0. The molecule has 0 amide bonds. The second kappa shape index (κ2) is 6.82. The Labute approximate surface area is 122 Å². The summed E-state index contributed by atoms with van der Waals surface area (Å²) in [5.41, 5.74) is 2.13. The zero-order valence-electron chi connectivity index (χ0n) is 11.1. The van der Waals surface area contributed by atoms with Gasteiger partial charge in [-0.15, -0.1) is 0 Å². The first-order valence-electron chi connectivity index (χ1n) is 6.42. The van der Waals surface area contributed by atoms with Gasteiger partial charge in [-0.05, 0) is 30.2 Å². The lowest BCUT2D eigenvalue weighted by Gasteiger charge is -2.14. The third-order valence-corrected chi connectivity index (χ3v) is 3.43. The fraction of sp³-hybridized carbons (Fsp3) is 0.250. The SMILES string of the molecule is C[C@H](NCc1ccc(C(F)F)cc1)c1cccc(Cl)c1. The summed E-state index contributed by atoms with van der Waals surface area (Å²) in [5, 5.41) is 4.05. The van der Waals surface area contributed by atoms with E-state index in [2.05, 4.69) is 5.32 Å². The van der Waals surface area contributed by atoms with E-state index in [0.717, 1.165) is 11.1 Å². The molecule has 0 aliphatic heterocycles. The van der Waals surface area contributed by atoms with Gasteiger partial charge in [-0.3, -0.25) is 0 Å². The molecule has 0 aliphatic carbocycles. The summed E-state index contributed by atoms with van der Waals surface area (Å²) in [6.07, 6.45) is -2.41. The Morgan fingerprint density at radius 1 is 1.05 bits per heavy atom. The molecule has 0 saturated carbocycles. The lowest BCUT2D eigenvalue weighted by atomic mass is 10.1. The maximum absolute atomic E-state index is 12.4. The van der Waals surface area contributed by atoms with Crippen molar-refractivity contribution in [1.82, 2.24) is 5.32 Å². The van der Waals surface area contributed by atoms with Crippen molar-refractivity contribution in [3.8, 4) is 0 Å². The molecule has 2 aromatic carbocycles. The average Bonchev–Trinajstić information content (AvgIpc) is 2.45. The number of alkyl halides is 2. The summed E-state index contributed by atoms with van der Waals surface area (Å²) >= 11 is 5.95. The highest BCUT2D eigenvalue weighted by molar-refractivity contribution is 6.30. The summed E-state index contributed by atoms with van der Waals surface area (Å²) in [6.45, 7) is 2.66. The minimum atomic E-state index is -2.41. The second-order valence-electron chi connectivity index (χ2n) is 4.70. The summed E-state index contributed by atoms with van der Waals surface area (Å²) in [4.78, 5) is 0. The molecule has 0 aromatic heterocycles. The van der Waals surface area contributed by atoms with Gasteiger partial charge in [-0.2, -0.15) is 0 Å². The third-order valence-electron chi connectivity index (χ3n) is 3.19. The predicted molar refractivity (Wildman–Crippen MR) is 78.1 cm³/mol. The fourth-order valence-corrected chi connectivity index (χ4v) is 2.14. The van der Waals surface area contributed by atoms with E-state index in [0.29, 0.717) is 11.6 Å². The maximum Gasteiger partial charge on any atom is 0.263 e. The zero-order chi connectivity index (χ0) is 14.5. The zero-order valence-corrected chi connectivity index (χ0v) is 11.9. The van der Waals surface area contributed by atoms with Crippen molar-refractivity contribution < 1.29 is 8.78 Å². The van der Waals surface area contributed by atoms with Gasteiger partial charge in [0.2, 0.25) is 0 Å². The van der Waals surface area contributed by atoms with E-state index < -0.39 is 6.43 Å². The van der Waals surface area contributed by atoms with Crippen molar-refractivity contribution >= 4 is 11.6 Å². The topological polar surface area (TPSA) is 12.0 Å². The van der Waals surface area contributed by atoms with Crippen molar-refractivity contribution in [1.29, 1.82) is 0 Å². The first kappa shape index (κ1) is 14.9. The minimum Gasteiger partial charge on any atom is -0.306 e. The molecule has 0 aliphatic rings. The molecule has 4 heteroatoms. The van der Waals surface area contributed by atoms with Crippen LogP contribution in [0.5, 0.6) is 0 Å². The number of nitrogens with one attached hydrogen (secondary N) is 1. The monoisotopic (exact) mass is 295 g/mol. The van der Waals surface area contributed by atoms with Gasteiger partial charge >= 0.3 is 0 Å². The van der Waals surface area contributed by atoms with Crippen LogP contribution in [0.25, 0.3) is 0 Å². The fourth-order valence-electron chi connectivity index (χ4n) is 1.95. The smallest absolute Gasteiger partial charge is 0.263 e. The Bertz CT molecular complexity index is 555. The molecule has 2 rings (SSSR count). The van der Waals surface area contributed by atoms with E-state index in [4.69, 9.17) is 11.6 Å². The molecule has 0 unspecified atom stereocenters. The van der Waals surface area contributed by atoms with Crippen molar-refractivity contribution in [3.63, 3.8) is 0 Å². The average molecular weight is 296 g/mol. The van der Waals surface area contributed by atoms with Crippen molar-refractivity contribution in [3.05, 3.63) is 70.2 Å². The summed E-state index contributed by atoms with van der Waals surface area (Å²) < 4.78 is 24.9. The van der Waals surface area contributed by atoms with Crippen LogP contribution < -0.4 is 5.32 Å². The van der Waals surface area contributed by atoms with Crippen LogP contribution in [-0.2, 0) is 6.54 Å². The molecule has 0 heterocycles. The Morgan fingerprint density at radius 2 is 1.75 bits per heavy atom. The standard InChI is InChI=1S/C16H16ClF2N/c1-11(14-3-2-4-15(17)9-14)20-10-12-5-7-13(8-6-12)16(18)19/h2-9,11,16,20H,10H2,1H3/t11-/m0/s1. The van der Waals surface area contributed by atoms with Crippen LogP contribution in [0.2, 0.25) is 5.02 Å². The third kappa shape index (κ3) is 4.02. The second-order valence-corrected chi connectivity index (χ2v) is 5.14. The van der Waals surface area contributed by atoms with E-state index >= 15 is 0 Å². The Hall–Kier alpha value is -1.45. The Kier molecular flexibility index (Phi) is 5.10. The molecule has 20 heavy (non-hydrogen) atoms. The predicted octanol–water partition coefficient (Wildman–Crippen LogP) is 5.13. The molecule has 1 N–H and O–H groups in total. The first-order valence-corrected chi connectivity index (χ1v) is 6.80. The molecule has 106 valence electrons. The largest absolute Gasteiger partial charge is 0.306 e. The summed E-state index contributed by atoms with van der Waals surface area (Å²) in [7, 11) is 0. The van der Waals surface area contributed by atoms with E-state index in [9.17, 15) is 8.78 Å². The van der Waals surface area contributed by atoms with Gasteiger partial charge in [0.1, 0.15) is 0 Å². The minimum absolute atomic E-state index is 0.0524. The lowest BCUT2D eigenvalue weighted by molar-refractivity contribution is 0.151. The van der Waals surface area contributed by atoms with Crippen LogP contribution in [0.1, 0.15) is 36.1 Å². The van der Waals surface area contributed by atoms with Crippen molar-refractivity contribution in [2.24, 2.45) is 0 Å². The normalized spacial score (nSPS) is 12.7. The van der Waals surface area contributed by atoms with E-state index in [1.165, 1.54) is 12.1 Å². The van der Waals surface area contributed by atoms with Crippen LogP contribution in [0.3, 0.4) is 0 Å². The molecule has 0 saturated heterocycles. The van der Waals surface area contributed by atoms with Crippen molar-refractivity contribution in [2.75, 3.05) is 0 Å². The highest BCUT2D eigenvalue weighted by Crippen LogP contribution is 2.20. The van der Waals surface area contributed by atoms with Crippen LogP contribution in [0.4, 0.5) is 8.78 Å². The molecule has 0 spiro atoms. The number of halogens is 3. The lowest BCUT2D eigenvalue weighted by Crippen LogP contribution is -2.18. The van der Waals surface area contributed by atoms with Crippen LogP contribution >= 0.6 is 11.6 Å². The molecule has 0 bridgehead atoms. The number of rotatable bonds is 5. The summed E-state index contributed by atoms with van der Waals surface area (Å²) in [6, 6.07) is 14.2. The van der Waals surface area contributed by atoms with Gasteiger partial charge in [0.15, 0.2) is 0 Å². The van der Waals surface area contributed by atoms with Crippen LogP contribution in [-0.4, -0.2) is 0 Å². The maximum atomic E-state index is 12.4. The number of hydrogen-bond donors (Lipinski definition) is 1. The first-order chi connectivity index (χ1) is 9.56. The van der Waals surface area contributed by atoms with Crippen LogP contribution in [0, 0.1) is 0 Å². The van der Waals surface area contributed by atoms with Gasteiger partial charge in [0.05, 0.1) is 0 Å². The van der Waals surface area contributed by atoms with Crippen molar-refractivity contribution in [2.45, 2.75) is 25.9 Å². The van der Waals surface area contributed by atoms with E-state index in [1.54, 1.807) is 12.1 Å². The number of hydrogen-bond acceptors (Lipinski definition) is 1. The Morgan fingerprint density at radius 3 is 2.35 bits per heavy atom. The molecule has 0 fully saturated rings. The van der Waals surface area contributed by atoms with E-state index in [-0.39, 0.29) is 11.6 Å². The van der Waals surface area contributed by atoms with Gasteiger partial charge in [0, 0.05) is 23.2 Å². The molecular formula is C16H16ClF2N.